The number of amides is 1. The van der Waals surface area contributed by atoms with Gasteiger partial charge in [-0.3, -0.25) is 18.6 Å². The topological polar surface area (TPSA) is 131 Å². The fourth-order valence-corrected chi connectivity index (χ4v) is 7.15. The van der Waals surface area contributed by atoms with Gasteiger partial charge in [-0.2, -0.15) is 0 Å². The van der Waals surface area contributed by atoms with Crippen molar-refractivity contribution in [3.05, 3.63) is 109 Å². The molecule has 0 spiro atoms. The van der Waals surface area contributed by atoms with Crippen LogP contribution in [0.15, 0.2) is 109 Å². The molecule has 0 fully saturated rings. The third-order valence-electron chi connectivity index (χ3n) is 10.2. The molecule has 0 aliphatic carbocycles. The number of ether oxygens (including phenoxy) is 1. The Morgan fingerprint density at radius 1 is 0.492 bits per heavy atom. The molecular formula is C55H92NO8P. The van der Waals surface area contributed by atoms with E-state index in [9.17, 15) is 24.2 Å². The number of rotatable bonds is 46. The van der Waals surface area contributed by atoms with Gasteiger partial charge in [-0.05, 0) is 103 Å². The van der Waals surface area contributed by atoms with Crippen LogP contribution in [0.2, 0.25) is 0 Å². The second kappa shape index (κ2) is 50.1. The lowest BCUT2D eigenvalue weighted by molar-refractivity contribution is -0.147. The van der Waals surface area contributed by atoms with Crippen LogP contribution in [0.25, 0.3) is 0 Å². The Bertz CT molecular complexity index is 1430. The molecule has 0 aliphatic rings. The van der Waals surface area contributed by atoms with E-state index in [4.69, 9.17) is 13.8 Å². The van der Waals surface area contributed by atoms with Crippen LogP contribution in [-0.4, -0.2) is 54.3 Å². The largest absolute Gasteiger partial charge is 0.472 e. The van der Waals surface area contributed by atoms with Crippen LogP contribution in [-0.2, 0) is 27.9 Å². The molecule has 0 saturated heterocycles. The molecule has 2 atom stereocenters. The van der Waals surface area contributed by atoms with E-state index in [1.54, 1.807) is 0 Å². The first-order chi connectivity index (χ1) is 31.8. The molecular weight excluding hydrogens is 834 g/mol. The summed E-state index contributed by atoms with van der Waals surface area (Å²) in [5.41, 5.74) is 0. The Hall–Kier alpha value is -3.33. The summed E-state index contributed by atoms with van der Waals surface area (Å²) in [5, 5.41) is 12.7. The number of carbonyl (C=O) groups is 2. The smallest absolute Gasteiger partial charge is 0.463 e. The van der Waals surface area contributed by atoms with Crippen molar-refractivity contribution in [1.29, 1.82) is 0 Å². The molecule has 0 aromatic carbocycles. The highest BCUT2D eigenvalue weighted by molar-refractivity contribution is 7.47. The Morgan fingerprint density at radius 2 is 0.877 bits per heavy atom. The van der Waals surface area contributed by atoms with Gasteiger partial charge in [0.05, 0.1) is 13.2 Å². The van der Waals surface area contributed by atoms with E-state index < -0.39 is 26.5 Å². The molecule has 10 heteroatoms. The normalized spacial score (nSPS) is 14.1. The first kappa shape index (κ1) is 61.7. The highest BCUT2D eigenvalue weighted by Crippen LogP contribution is 2.42. The number of hydrogen-bond acceptors (Lipinski definition) is 7. The van der Waals surface area contributed by atoms with Crippen LogP contribution in [0.5, 0.6) is 0 Å². The van der Waals surface area contributed by atoms with E-state index in [1.165, 1.54) is 44.9 Å². The van der Waals surface area contributed by atoms with E-state index in [0.29, 0.717) is 6.42 Å². The van der Waals surface area contributed by atoms with Crippen molar-refractivity contribution < 1.29 is 37.9 Å². The van der Waals surface area contributed by atoms with Crippen molar-refractivity contribution in [2.75, 3.05) is 26.4 Å². The Balaban J connectivity index is 3.66. The van der Waals surface area contributed by atoms with E-state index >= 15 is 0 Å². The number of esters is 1. The molecule has 0 bridgehead atoms. The summed E-state index contributed by atoms with van der Waals surface area (Å²) in [6.45, 7) is 3.37. The number of nitrogens with one attached hydrogen (secondary N) is 1. The highest BCUT2D eigenvalue weighted by Gasteiger charge is 2.23. The van der Waals surface area contributed by atoms with Gasteiger partial charge in [0.25, 0.3) is 0 Å². The van der Waals surface area contributed by atoms with E-state index in [-0.39, 0.29) is 32.1 Å². The monoisotopic (exact) mass is 926 g/mol. The van der Waals surface area contributed by atoms with E-state index in [2.05, 4.69) is 129 Å². The lowest BCUT2D eigenvalue weighted by Crippen LogP contribution is -2.27. The second-order valence-electron chi connectivity index (χ2n) is 16.4. The molecule has 0 saturated carbocycles. The fraction of sp³-hybridized carbons (Fsp3) is 0.636. The third-order valence-corrected chi connectivity index (χ3v) is 11.2. The number of hydrogen-bond donors (Lipinski definition) is 3. The van der Waals surface area contributed by atoms with Gasteiger partial charge in [0.1, 0.15) is 12.7 Å². The molecule has 0 heterocycles. The van der Waals surface area contributed by atoms with Gasteiger partial charge >= 0.3 is 13.8 Å². The minimum absolute atomic E-state index is 0.0624. The summed E-state index contributed by atoms with van der Waals surface area (Å²) < 4.78 is 27.0. The number of aliphatic hydroxyl groups excluding tert-OH is 1. The summed E-state index contributed by atoms with van der Waals surface area (Å²) in [5.74, 6) is -0.553. The maximum atomic E-state index is 12.2. The van der Waals surface area contributed by atoms with Crippen molar-refractivity contribution in [3.63, 3.8) is 0 Å². The van der Waals surface area contributed by atoms with Gasteiger partial charge < -0.3 is 20.1 Å². The molecule has 65 heavy (non-hydrogen) atoms. The quantitative estimate of drug-likeness (QED) is 0.0238. The van der Waals surface area contributed by atoms with Crippen LogP contribution >= 0.6 is 7.82 Å². The first-order valence-corrected chi connectivity index (χ1v) is 26.9. The Morgan fingerprint density at radius 3 is 1.32 bits per heavy atom. The van der Waals surface area contributed by atoms with Gasteiger partial charge in [0.2, 0.25) is 5.91 Å². The number of phosphoric acid groups is 1. The van der Waals surface area contributed by atoms with Crippen LogP contribution in [0.3, 0.4) is 0 Å². The van der Waals surface area contributed by atoms with Crippen molar-refractivity contribution in [3.8, 4) is 0 Å². The van der Waals surface area contributed by atoms with Gasteiger partial charge in [-0.1, -0.05) is 187 Å². The number of allylic oxidation sites excluding steroid dienone is 18. The summed E-state index contributed by atoms with van der Waals surface area (Å²) in [7, 11) is -4.44. The predicted octanol–water partition coefficient (Wildman–Crippen LogP) is 15.1. The molecule has 0 aromatic rings. The lowest BCUT2D eigenvalue weighted by atomic mass is 10.1. The zero-order valence-electron chi connectivity index (χ0n) is 40.9. The predicted molar refractivity (Wildman–Crippen MR) is 275 cm³/mol. The SMILES string of the molecule is CC/C=C\C/C=C\C/C=C\C/C=C\C/C=C\CCCCCCCC(=O)NCCOP(=O)(O)OCC(O)COC(=O)CCCCCCCCC/C=C\C/C=C\C/C=C\C/C=C\CCCCC. The van der Waals surface area contributed by atoms with Gasteiger partial charge in [-0.15, -0.1) is 0 Å². The summed E-state index contributed by atoms with van der Waals surface area (Å²) in [4.78, 5) is 34.1. The van der Waals surface area contributed by atoms with Gasteiger partial charge in [0, 0.05) is 19.4 Å². The highest BCUT2D eigenvalue weighted by atomic mass is 31.2. The van der Waals surface area contributed by atoms with Crippen molar-refractivity contribution in [1.82, 2.24) is 5.32 Å². The van der Waals surface area contributed by atoms with Gasteiger partial charge in [-0.25, -0.2) is 4.57 Å². The van der Waals surface area contributed by atoms with Crippen LogP contribution in [0.1, 0.15) is 194 Å². The van der Waals surface area contributed by atoms with Crippen molar-refractivity contribution in [2.24, 2.45) is 0 Å². The summed E-state index contributed by atoms with van der Waals surface area (Å²) in [6.07, 6.45) is 67.3. The standard InChI is InChI=1S/C55H92NO8P/c1-3-5-7-9-11-13-15-17-19-21-23-25-26-28-30-32-34-36-38-40-42-44-46-48-55(59)62-51-53(57)52-64-65(60,61)63-50-49-56-54(58)47-45-43-41-39-37-35-33-31-29-27-24-22-20-18-16-14-12-10-8-6-4-2/h6,8,11-14,17-20,23-25,27-28,30-31,33,53,57H,3-5,7,9-10,15-16,21-22,26,29,32,34-52H2,1-2H3,(H,56,58)(H,60,61)/b8-6-,13-11-,14-12-,19-17-,20-18-,25-23-,27-24-,30-28-,33-31-. The third kappa shape index (κ3) is 51.5. The summed E-state index contributed by atoms with van der Waals surface area (Å²) >= 11 is 0. The average molecular weight is 926 g/mol. The Kier molecular flexibility index (Phi) is 47.5. The minimum atomic E-state index is -4.44. The fourth-order valence-electron chi connectivity index (χ4n) is 6.39. The maximum Gasteiger partial charge on any atom is 0.472 e. The average Bonchev–Trinajstić information content (AvgIpc) is 3.29. The number of phosphoric ester groups is 1. The molecule has 0 aliphatic heterocycles. The minimum Gasteiger partial charge on any atom is -0.463 e. The molecule has 0 radical (unpaired) electrons. The van der Waals surface area contributed by atoms with E-state index in [1.807, 2.05) is 0 Å². The van der Waals surface area contributed by atoms with E-state index in [0.717, 1.165) is 122 Å². The van der Waals surface area contributed by atoms with Crippen LogP contribution in [0.4, 0.5) is 0 Å². The number of carbonyl (C=O) groups excluding carboxylic acids is 2. The molecule has 0 aromatic heterocycles. The molecule has 9 nitrogen and oxygen atoms in total. The molecule has 1 amide bonds. The zero-order valence-corrected chi connectivity index (χ0v) is 41.8. The van der Waals surface area contributed by atoms with Crippen LogP contribution < -0.4 is 5.32 Å². The van der Waals surface area contributed by atoms with Crippen LogP contribution in [0, 0.1) is 0 Å². The lowest BCUT2D eigenvalue weighted by Gasteiger charge is -2.15. The van der Waals surface area contributed by atoms with Gasteiger partial charge in [0.15, 0.2) is 0 Å². The van der Waals surface area contributed by atoms with Crippen molar-refractivity contribution in [2.45, 2.75) is 200 Å². The zero-order chi connectivity index (χ0) is 47.4. The summed E-state index contributed by atoms with van der Waals surface area (Å²) in [6, 6.07) is 0. The number of unbranched alkanes of at least 4 members (excludes halogenated alkanes) is 15. The Labute approximate surface area is 397 Å². The second-order valence-corrected chi connectivity index (χ2v) is 17.9. The maximum absolute atomic E-state index is 12.2. The molecule has 0 rings (SSSR count). The molecule has 3 N–H and O–H groups in total. The number of aliphatic hydroxyl groups is 1. The molecule has 370 valence electrons. The van der Waals surface area contributed by atoms with Crippen molar-refractivity contribution >= 4 is 19.7 Å². The molecule has 2 unspecified atom stereocenters. The first-order valence-electron chi connectivity index (χ1n) is 25.4.